The molecule has 1 aromatic rings. The van der Waals surface area contributed by atoms with Crippen molar-refractivity contribution < 1.29 is 22.7 Å². The lowest BCUT2D eigenvalue weighted by Crippen LogP contribution is -2.36. The molecule has 25 heavy (non-hydrogen) atoms. The van der Waals surface area contributed by atoms with E-state index in [2.05, 4.69) is 0 Å². The first-order valence-corrected chi connectivity index (χ1v) is 10.0. The van der Waals surface area contributed by atoms with Gasteiger partial charge in [-0.05, 0) is 31.5 Å². The second kappa shape index (κ2) is 9.62. The van der Waals surface area contributed by atoms with Gasteiger partial charge in [0.1, 0.15) is 0 Å². The Bertz CT molecular complexity index is 672. The van der Waals surface area contributed by atoms with Crippen LogP contribution in [0.5, 0.6) is 11.5 Å². The number of ether oxygens (including phenoxy) is 2. The molecule has 0 aliphatic carbocycles. The van der Waals surface area contributed by atoms with Crippen LogP contribution in [0.1, 0.15) is 25.8 Å². The number of benzene rings is 1. The normalized spacial score (nSPS) is 11.4. The molecule has 0 fully saturated rings. The number of nitrogens with zero attached hydrogens (tertiary/aromatic N) is 2. The van der Waals surface area contributed by atoms with Gasteiger partial charge in [-0.1, -0.05) is 6.07 Å². The Kier molecular flexibility index (Phi) is 8.18. The minimum absolute atomic E-state index is 0.0500. The van der Waals surface area contributed by atoms with Gasteiger partial charge in [-0.15, -0.1) is 0 Å². The summed E-state index contributed by atoms with van der Waals surface area (Å²) in [7, 11) is -0.375. The lowest BCUT2D eigenvalue weighted by Gasteiger charge is -2.23. The highest BCUT2D eigenvalue weighted by Gasteiger charge is 2.20. The summed E-state index contributed by atoms with van der Waals surface area (Å²) < 4.78 is 35.9. The molecule has 0 aliphatic heterocycles. The molecule has 0 saturated heterocycles. The Morgan fingerprint density at radius 3 is 2.16 bits per heavy atom. The Hall–Kier alpha value is -1.80. The topological polar surface area (TPSA) is 76.2 Å². The summed E-state index contributed by atoms with van der Waals surface area (Å²) in [6.07, 6.45) is 1.30. The lowest BCUT2D eigenvalue weighted by atomic mass is 10.2. The van der Waals surface area contributed by atoms with Gasteiger partial charge in [0.05, 0.1) is 20.5 Å². The SMILES string of the molecule is CCN(CC)C(=O)CCN(Cc1ccc(OC)c(OC)c1)S(C)(=O)=O. The molecule has 0 unspecified atom stereocenters. The molecule has 8 heteroatoms. The van der Waals surface area contributed by atoms with E-state index in [0.717, 1.165) is 11.8 Å². The minimum atomic E-state index is -3.44. The van der Waals surface area contributed by atoms with Crippen molar-refractivity contribution in [2.45, 2.75) is 26.8 Å². The smallest absolute Gasteiger partial charge is 0.223 e. The molecule has 0 bridgehead atoms. The van der Waals surface area contributed by atoms with Crippen LogP contribution >= 0.6 is 0 Å². The summed E-state index contributed by atoms with van der Waals surface area (Å²) in [6, 6.07) is 5.25. The fraction of sp³-hybridized carbons (Fsp3) is 0.588. The number of hydrogen-bond donors (Lipinski definition) is 0. The Labute approximate surface area is 150 Å². The van der Waals surface area contributed by atoms with Crippen LogP contribution < -0.4 is 9.47 Å². The van der Waals surface area contributed by atoms with E-state index >= 15 is 0 Å². The molecule has 0 aliphatic rings. The summed E-state index contributed by atoms with van der Waals surface area (Å²) >= 11 is 0. The summed E-state index contributed by atoms with van der Waals surface area (Å²) in [6.45, 7) is 5.35. The first kappa shape index (κ1) is 21.2. The largest absolute Gasteiger partial charge is 0.493 e. The van der Waals surface area contributed by atoms with E-state index in [0.29, 0.717) is 24.6 Å². The highest BCUT2D eigenvalue weighted by Crippen LogP contribution is 2.28. The van der Waals surface area contributed by atoms with Crippen molar-refractivity contribution in [3.63, 3.8) is 0 Å². The molecule has 1 amide bonds. The lowest BCUT2D eigenvalue weighted by molar-refractivity contribution is -0.130. The van der Waals surface area contributed by atoms with E-state index in [1.807, 2.05) is 13.8 Å². The first-order chi connectivity index (χ1) is 11.8. The number of carbonyl (C=O) groups excluding carboxylic acids is 1. The Morgan fingerprint density at radius 2 is 1.68 bits per heavy atom. The van der Waals surface area contributed by atoms with Gasteiger partial charge in [0.25, 0.3) is 0 Å². The van der Waals surface area contributed by atoms with Gasteiger partial charge in [0.15, 0.2) is 11.5 Å². The number of sulfonamides is 1. The van der Waals surface area contributed by atoms with Crippen LogP contribution in [0.3, 0.4) is 0 Å². The average molecular weight is 372 g/mol. The van der Waals surface area contributed by atoms with E-state index in [1.54, 1.807) is 30.2 Å². The zero-order valence-electron chi connectivity index (χ0n) is 15.6. The van der Waals surface area contributed by atoms with Crippen LogP contribution in [-0.2, 0) is 21.4 Å². The predicted octanol–water partition coefficient (Wildman–Crippen LogP) is 1.72. The summed E-state index contributed by atoms with van der Waals surface area (Å²) in [4.78, 5) is 13.8. The van der Waals surface area contributed by atoms with Crippen LogP contribution in [0, 0.1) is 0 Å². The molecular weight excluding hydrogens is 344 g/mol. The number of amides is 1. The van der Waals surface area contributed by atoms with Crippen LogP contribution in [0.2, 0.25) is 0 Å². The van der Waals surface area contributed by atoms with Crippen LogP contribution in [0.15, 0.2) is 18.2 Å². The zero-order chi connectivity index (χ0) is 19.0. The van der Waals surface area contributed by atoms with E-state index in [-0.39, 0.29) is 25.4 Å². The van der Waals surface area contributed by atoms with Crippen LogP contribution in [-0.4, -0.2) is 63.6 Å². The standard InChI is InChI=1S/C17H28N2O5S/c1-6-18(7-2)17(20)10-11-19(25(5,21)22)13-14-8-9-15(23-3)16(12-14)24-4/h8-9,12H,6-7,10-11,13H2,1-5H3. The maximum Gasteiger partial charge on any atom is 0.223 e. The predicted molar refractivity (Wildman–Crippen MR) is 97.3 cm³/mol. The van der Waals surface area contributed by atoms with E-state index in [1.165, 1.54) is 11.4 Å². The zero-order valence-corrected chi connectivity index (χ0v) is 16.4. The fourth-order valence-corrected chi connectivity index (χ4v) is 3.31. The van der Waals surface area contributed by atoms with Gasteiger partial charge in [0.2, 0.25) is 15.9 Å². The van der Waals surface area contributed by atoms with Crippen LogP contribution in [0.4, 0.5) is 0 Å². The molecule has 1 rings (SSSR count). The second-order valence-corrected chi connectivity index (χ2v) is 7.58. The quantitative estimate of drug-likeness (QED) is 0.625. The first-order valence-electron chi connectivity index (χ1n) is 8.20. The van der Waals surface area contributed by atoms with Crippen molar-refractivity contribution >= 4 is 15.9 Å². The van der Waals surface area contributed by atoms with Crippen molar-refractivity contribution in [1.82, 2.24) is 9.21 Å². The molecule has 0 aromatic heterocycles. The number of carbonyl (C=O) groups is 1. The summed E-state index contributed by atoms with van der Waals surface area (Å²) in [5.74, 6) is 1.06. The Morgan fingerprint density at radius 1 is 1.08 bits per heavy atom. The van der Waals surface area contributed by atoms with Crippen molar-refractivity contribution in [2.24, 2.45) is 0 Å². The van der Waals surface area contributed by atoms with Crippen molar-refractivity contribution in [3.8, 4) is 11.5 Å². The second-order valence-electron chi connectivity index (χ2n) is 5.60. The van der Waals surface area contributed by atoms with Gasteiger partial charge in [-0.25, -0.2) is 8.42 Å². The van der Waals surface area contributed by atoms with Gasteiger partial charge >= 0.3 is 0 Å². The van der Waals surface area contributed by atoms with Crippen LogP contribution in [0.25, 0.3) is 0 Å². The van der Waals surface area contributed by atoms with Gasteiger partial charge in [-0.3, -0.25) is 4.79 Å². The average Bonchev–Trinajstić information content (AvgIpc) is 2.58. The fourth-order valence-electron chi connectivity index (χ4n) is 2.50. The third kappa shape index (κ3) is 6.21. The van der Waals surface area contributed by atoms with Crippen molar-refractivity contribution in [2.75, 3.05) is 40.1 Å². The monoisotopic (exact) mass is 372 g/mol. The van der Waals surface area contributed by atoms with Gasteiger partial charge in [0, 0.05) is 32.6 Å². The van der Waals surface area contributed by atoms with E-state index in [9.17, 15) is 13.2 Å². The third-order valence-electron chi connectivity index (χ3n) is 3.97. The molecular formula is C17H28N2O5S. The van der Waals surface area contributed by atoms with E-state index in [4.69, 9.17) is 9.47 Å². The summed E-state index contributed by atoms with van der Waals surface area (Å²) in [5.41, 5.74) is 0.762. The number of methoxy groups -OCH3 is 2. The van der Waals surface area contributed by atoms with E-state index < -0.39 is 10.0 Å². The molecule has 0 radical (unpaired) electrons. The molecule has 0 N–H and O–H groups in total. The minimum Gasteiger partial charge on any atom is -0.493 e. The van der Waals surface area contributed by atoms with Gasteiger partial charge < -0.3 is 14.4 Å². The molecule has 0 heterocycles. The highest BCUT2D eigenvalue weighted by atomic mass is 32.2. The highest BCUT2D eigenvalue weighted by molar-refractivity contribution is 7.88. The molecule has 142 valence electrons. The molecule has 0 atom stereocenters. The molecule has 7 nitrogen and oxygen atoms in total. The molecule has 0 spiro atoms. The summed E-state index contributed by atoms with van der Waals surface area (Å²) in [5, 5.41) is 0. The Balaban J connectivity index is 2.89. The molecule has 1 aromatic carbocycles. The van der Waals surface area contributed by atoms with Gasteiger partial charge in [-0.2, -0.15) is 4.31 Å². The van der Waals surface area contributed by atoms with Crippen molar-refractivity contribution in [1.29, 1.82) is 0 Å². The maximum absolute atomic E-state index is 12.1. The number of rotatable bonds is 10. The van der Waals surface area contributed by atoms with Crippen molar-refractivity contribution in [3.05, 3.63) is 23.8 Å². The number of hydrogen-bond acceptors (Lipinski definition) is 5. The third-order valence-corrected chi connectivity index (χ3v) is 5.22. The maximum atomic E-state index is 12.1. The molecule has 0 saturated carbocycles.